The number of nitrogens with one attached hydrogen (secondary N) is 1. The van der Waals surface area contributed by atoms with Gasteiger partial charge >= 0.3 is 6.09 Å². The smallest absolute Gasteiger partial charge is 0.407 e. The van der Waals surface area contributed by atoms with E-state index in [0.717, 1.165) is 33.3 Å². The van der Waals surface area contributed by atoms with Gasteiger partial charge in [0.15, 0.2) is 0 Å². The average molecular weight is 407 g/mol. The van der Waals surface area contributed by atoms with Gasteiger partial charge in [-0.2, -0.15) is 0 Å². The molecule has 0 fully saturated rings. The number of pyridine rings is 1. The zero-order valence-corrected chi connectivity index (χ0v) is 16.5. The Morgan fingerprint density at radius 1 is 1.28 bits per heavy atom. The van der Waals surface area contributed by atoms with E-state index in [-0.39, 0.29) is 12.3 Å². The SMILES string of the molecule is CCc1c(Br)cnc(CNC(=O)OC(C)(C)C)c1-c1ccc(O)cc1. The molecule has 0 saturated heterocycles. The minimum Gasteiger partial charge on any atom is -0.508 e. The van der Waals surface area contributed by atoms with Crippen LogP contribution in [0.25, 0.3) is 11.1 Å². The molecule has 0 aliphatic heterocycles. The molecule has 0 saturated carbocycles. The molecule has 1 aromatic heterocycles. The topological polar surface area (TPSA) is 71.5 Å². The Hall–Kier alpha value is -2.08. The summed E-state index contributed by atoms with van der Waals surface area (Å²) in [6, 6.07) is 6.96. The lowest BCUT2D eigenvalue weighted by Crippen LogP contribution is -2.32. The van der Waals surface area contributed by atoms with E-state index in [9.17, 15) is 9.90 Å². The summed E-state index contributed by atoms with van der Waals surface area (Å²) in [6.45, 7) is 7.78. The van der Waals surface area contributed by atoms with Crippen LogP contribution in [0.3, 0.4) is 0 Å². The molecule has 2 N–H and O–H groups in total. The molecule has 134 valence electrons. The van der Waals surface area contributed by atoms with Crippen molar-refractivity contribution >= 4 is 22.0 Å². The minimum atomic E-state index is -0.550. The number of hydrogen-bond donors (Lipinski definition) is 2. The summed E-state index contributed by atoms with van der Waals surface area (Å²) in [6.07, 6.45) is 2.07. The predicted octanol–water partition coefficient (Wildman–Crippen LogP) is 4.80. The van der Waals surface area contributed by atoms with Crippen molar-refractivity contribution in [3.8, 4) is 16.9 Å². The lowest BCUT2D eigenvalue weighted by molar-refractivity contribution is 0.0523. The van der Waals surface area contributed by atoms with E-state index in [1.165, 1.54) is 0 Å². The number of phenols is 1. The van der Waals surface area contributed by atoms with Crippen LogP contribution in [0.1, 0.15) is 39.0 Å². The second-order valence-electron chi connectivity index (χ2n) is 6.66. The van der Waals surface area contributed by atoms with Crippen LogP contribution in [-0.2, 0) is 17.7 Å². The first kappa shape index (κ1) is 19.2. The van der Waals surface area contributed by atoms with Gasteiger partial charge in [0, 0.05) is 16.2 Å². The van der Waals surface area contributed by atoms with E-state index in [1.807, 2.05) is 32.9 Å². The maximum atomic E-state index is 11.9. The predicted molar refractivity (Wildman–Crippen MR) is 101 cm³/mol. The summed E-state index contributed by atoms with van der Waals surface area (Å²) in [5.74, 6) is 0.207. The summed E-state index contributed by atoms with van der Waals surface area (Å²) < 4.78 is 6.20. The number of hydrogen-bond acceptors (Lipinski definition) is 4. The highest BCUT2D eigenvalue weighted by molar-refractivity contribution is 9.10. The molecule has 1 aromatic carbocycles. The van der Waals surface area contributed by atoms with Crippen molar-refractivity contribution < 1.29 is 14.6 Å². The molecule has 1 amide bonds. The van der Waals surface area contributed by atoms with Gasteiger partial charge < -0.3 is 15.2 Å². The number of benzene rings is 1. The molecule has 25 heavy (non-hydrogen) atoms. The minimum absolute atomic E-state index is 0.207. The number of carbonyl (C=O) groups excluding carboxylic acids is 1. The number of carbonyl (C=O) groups is 1. The van der Waals surface area contributed by atoms with Crippen LogP contribution < -0.4 is 5.32 Å². The third kappa shape index (κ3) is 5.19. The first-order valence-electron chi connectivity index (χ1n) is 8.13. The molecule has 0 spiro atoms. The first-order chi connectivity index (χ1) is 11.7. The van der Waals surface area contributed by atoms with Crippen LogP contribution in [0.5, 0.6) is 5.75 Å². The van der Waals surface area contributed by atoms with Crippen LogP contribution in [0, 0.1) is 0 Å². The van der Waals surface area contributed by atoms with Crippen LogP contribution in [0.15, 0.2) is 34.9 Å². The number of rotatable bonds is 4. The molecule has 5 nitrogen and oxygen atoms in total. The Kier molecular flexibility index (Phi) is 6.06. The Bertz CT molecular complexity index is 752. The lowest BCUT2D eigenvalue weighted by Gasteiger charge is -2.20. The Morgan fingerprint density at radius 3 is 2.48 bits per heavy atom. The van der Waals surface area contributed by atoms with Gasteiger partial charge in [-0.1, -0.05) is 19.1 Å². The van der Waals surface area contributed by atoms with E-state index < -0.39 is 11.7 Å². The molecule has 2 aromatic rings. The van der Waals surface area contributed by atoms with E-state index in [4.69, 9.17) is 4.74 Å². The number of alkyl carbamates (subject to hydrolysis) is 1. The molecule has 0 unspecified atom stereocenters. The van der Waals surface area contributed by atoms with E-state index >= 15 is 0 Å². The van der Waals surface area contributed by atoms with Crippen molar-refractivity contribution in [2.45, 2.75) is 46.3 Å². The van der Waals surface area contributed by atoms with Gasteiger partial charge in [0.2, 0.25) is 0 Å². The molecule has 0 aliphatic rings. The van der Waals surface area contributed by atoms with Gasteiger partial charge in [0.05, 0.1) is 12.2 Å². The molecular formula is C19H23BrN2O3. The average Bonchev–Trinajstić information content (AvgIpc) is 2.52. The molecular weight excluding hydrogens is 384 g/mol. The summed E-state index contributed by atoms with van der Waals surface area (Å²) in [5, 5.41) is 12.3. The fourth-order valence-electron chi connectivity index (χ4n) is 2.49. The molecule has 6 heteroatoms. The van der Waals surface area contributed by atoms with Crippen LogP contribution >= 0.6 is 15.9 Å². The van der Waals surface area contributed by atoms with Gasteiger partial charge in [-0.3, -0.25) is 4.98 Å². The highest BCUT2D eigenvalue weighted by atomic mass is 79.9. The highest BCUT2D eigenvalue weighted by Gasteiger charge is 2.18. The molecule has 1 heterocycles. The van der Waals surface area contributed by atoms with Crippen molar-refractivity contribution in [1.82, 2.24) is 10.3 Å². The maximum absolute atomic E-state index is 11.9. The van der Waals surface area contributed by atoms with Crippen LogP contribution in [-0.4, -0.2) is 21.8 Å². The van der Waals surface area contributed by atoms with Gasteiger partial charge in [0.25, 0.3) is 0 Å². The maximum Gasteiger partial charge on any atom is 0.407 e. The lowest BCUT2D eigenvalue weighted by atomic mass is 9.96. The number of aromatic nitrogens is 1. The number of phenolic OH excluding ortho intramolecular Hbond substituents is 1. The monoisotopic (exact) mass is 406 g/mol. The molecule has 0 atom stereocenters. The number of aromatic hydroxyl groups is 1. The molecule has 0 bridgehead atoms. The van der Waals surface area contributed by atoms with Gasteiger partial charge in [-0.25, -0.2) is 4.79 Å². The van der Waals surface area contributed by atoms with E-state index in [2.05, 4.69) is 33.2 Å². The molecule has 0 aliphatic carbocycles. The van der Waals surface area contributed by atoms with Gasteiger partial charge in [0.1, 0.15) is 11.4 Å². The zero-order chi connectivity index (χ0) is 18.6. The second kappa shape index (κ2) is 7.87. The Labute approximate surface area is 156 Å². The van der Waals surface area contributed by atoms with E-state index in [1.54, 1.807) is 18.3 Å². The normalized spacial score (nSPS) is 11.2. The summed E-state index contributed by atoms with van der Waals surface area (Å²) >= 11 is 3.55. The van der Waals surface area contributed by atoms with Crippen LogP contribution in [0.2, 0.25) is 0 Å². The van der Waals surface area contributed by atoms with E-state index in [0.29, 0.717) is 0 Å². The fraction of sp³-hybridized carbons (Fsp3) is 0.368. The highest BCUT2D eigenvalue weighted by Crippen LogP contribution is 2.33. The second-order valence-corrected chi connectivity index (χ2v) is 7.52. The van der Waals surface area contributed by atoms with Crippen molar-refractivity contribution in [3.63, 3.8) is 0 Å². The van der Waals surface area contributed by atoms with Crippen molar-refractivity contribution in [2.24, 2.45) is 0 Å². The Balaban J connectivity index is 2.35. The van der Waals surface area contributed by atoms with Gasteiger partial charge in [-0.15, -0.1) is 0 Å². The third-order valence-corrected chi connectivity index (χ3v) is 4.20. The fourth-order valence-corrected chi connectivity index (χ4v) is 3.07. The summed E-state index contributed by atoms with van der Waals surface area (Å²) in [5.41, 5.74) is 3.18. The standard InChI is InChI=1S/C19H23BrN2O3/c1-5-14-15(20)10-21-16(11-22-18(24)25-19(2,3)4)17(14)12-6-8-13(23)9-7-12/h6-10,23H,5,11H2,1-4H3,(H,22,24). The summed E-state index contributed by atoms with van der Waals surface area (Å²) in [7, 11) is 0. The largest absolute Gasteiger partial charge is 0.508 e. The quantitative estimate of drug-likeness (QED) is 0.764. The number of ether oxygens (including phenoxy) is 1. The number of amides is 1. The third-order valence-electron chi connectivity index (χ3n) is 3.52. The van der Waals surface area contributed by atoms with Crippen LogP contribution in [0.4, 0.5) is 4.79 Å². The number of halogens is 1. The van der Waals surface area contributed by atoms with Gasteiger partial charge in [-0.05, 0) is 66.4 Å². The summed E-state index contributed by atoms with van der Waals surface area (Å²) in [4.78, 5) is 16.4. The van der Waals surface area contributed by atoms with Crippen molar-refractivity contribution in [3.05, 3.63) is 46.2 Å². The zero-order valence-electron chi connectivity index (χ0n) is 14.9. The van der Waals surface area contributed by atoms with Crippen molar-refractivity contribution in [2.75, 3.05) is 0 Å². The first-order valence-corrected chi connectivity index (χ1v) is 8.93. The number of nitrogens with zero attached hydrogens (tertiary/aromatic N) is 1. The molecule has 2 rings (SSSR count). The Morgan fingerprint density at radius 2 is 1.92 bits per heavy atom. The molecule has 0 radical (unpaired) electrons. The van der Waals surface area contributed by atoms with Crippen molar-refractivity contribution in [1.29, 1.82) is 0 Å².